The number of halogens is 1. The highest BCUT2D eigenvalue weighted by Gasteiger charge is 2.07. The molecule has 0 radical (unpaired) electrons. The summed E-state index contributed by atoms with van der Waals surface area (Å²) >= 11 is 3.50. The normalized spacial score (nSPS) is 12.0. The van der Waals surface area contributed by atoms with Crippen molar-refractivity contribution in [1.29, 1.82) is 5.26 Å². The molecule has 0 spiro atoms. The van der Waals surface area contributed by atoms with Gasteiger partial charge in [-0.05, 0) is 12.8 Å². The van der Waals surface area contributed by atoms with Crippen LogP contribution in [0.1, 0.15) is 29.8 Å². The SMILES string of the molecule is N#CCCCC(Br)c1cnccn1. The minimum Gasteiger partial charge on any atom is -0.261 e. The fourth-order valence-corrected chi connectivity index (χ4v) is 1.54. The van der Waals surface area contributed by atoms with E-state index in [0.29, 0.717) is 6.42 Å². The molecule has 0 bridgehead atoms. The molecule has 4 heteroatoms. The molecule has 1 aromatic rings. The molecule has 0 aliphatic carbocycles. The molecule has 1 rings (SSSR count). The molecule has 1 aromatic heterocycles. The molecule has 0 amide bonds. The van der Waals surface area contributed by atoms with Gasteiger partial charge in [0, 0.05) is 25.0 Å². The van der Waals surface area contributed by atoms with Crippen molar-refractivity contribution in [2.75, 3.05) is 0 Å². The molecule has 0 fully saturated rings. The highest BCUT2D eigenvalue weighted by atomic mass is 79.9. The van der Waals surface area contributed by atoms with Crippen molar-refractivity contribution in [2.24, 2.45) is 0 Å². The number of aromatic nitrogens is 2. The van der Waals surface area contributed by atoms with Crippen molar-refractivity contribution in [1.82, 2.24) is 9.97 Å². The first-order chi connectivity index (χ1) is 6.34. The molecule has 0 aromatic carbocycles. The Morgan fingerprint density at radius 3 is 3.00 bits per heavy atom. The van der Waals surface area contributed by atoms with Crippen molar-refractivity contribution < 1.29 is 0 Å². The molecule has 68 valence electrons. The van der Waals surface area contributed by atoms with Crippen LogP contribution in [-0.2, 0) is 0 Å². The Bertz CT molecular complexity index is 281. The van der Waals surface area contributed by atoms with Gasteiger partial charge in [-0.25, -0.2) is 0 Å². The van der Waals surface area contributed by atoms with E-state index in [1.807, 2.05) is 0 Å². The smallest absolute Gasteiger partial charge is 0.0723 e. The molecular formula is C9H10BrN3. The van der Waals surface area contributed by atoms with E-state index in [4.69, 9.17) is 5.26 Å². The van der Waals surface area contributed by atoms with Crippen molar-refractivity contribution in [3.8, 4) is 6.07 Å². The lowest BCUT2D eigenvalue weighted by Crippen LogP contribution is -1.94. The Hall–Kier alpha value is -0.950. The summed E-state index contributed by atoms with van der Waals surface area (Å²) < 4.78 is 0. The number of unbranched alkanes of at least 4 members (excludes halogenated alkanes) is 1. The second-order valence-corrected chi connectivity index (χ2v) is 3.75. The summed E-state index contributed by atoms with van der Waals surface area (Å²) in [5.41, 5.74) is 0.931. The van der Waals surface area contributed by atoms with Gasteiger partial charge in [-0.3, -0.25) is 9.97 Å². The minimum atomic E-state index is 0.217. The van der Waals surface area contributed by atoms with Crippen LogP contribution in [-0.4, -0.2) is 9.97 Å². The van der Waals surface area contributed by atoms with E-state index >= 15 is 0 Å². The fourth-order valence-electron chi connectivity index (χ4n) is 0.981. The average Bonchev–Trinajstić information content (AvgIpc) is 2.19. The molecule has 1 atom stereocenters. The molecule has 1 heterocycles. The fraction of sp³-hybridized carbons (Fsp3) is 0.444. The maximum absolute atomic E-state index is 8.36. The van der Waals surface area contributed by atoms with Crippen LogP contribution in [0.25, 0.3) is 0 Å². The highest BCUT2D eigenvalue weighted by molar-refractivity contribution is 9.09. The van der Waals surface area contributed by atoms with E-state index in [2.05, 4.69) is 32.0 Å². The van der Waals surface area contributed by atoms with Crippen molar-refractivity contribution >= 4 is 15.9 Å². The van der Waals surface area contributed by atoms with Crippen LogP contribution in [0.5, 0.6) is 0 Å². The topological polar surface area (TPSA) is 49.6 Å². The maximum Gasteiger partial charge on any atom is 0.0723 e. The molecule has 0 N–H and O–H groups in total. The van der Waals surface area contributed by atoms with E-state index in [9.17, 15) is 0 Å². The summed E-state index contributed by atoms with van der Waals surface area (Å²) in [6.07, 6.45) is 7.48. The van der Waals surface area contributed by atoms with Gasteiger partial charge in [-0.2, -0.15) is 5.26 Å². The highest BCUT2D eigenvalue weighted by Crippen LogP contribution is 2.25. The molecule has 3 nitrogen and oxygen atoms in total. The van der Waals surface area contributed by atoms with Crippen LogP contribution in [0.3, 0.4) is 0 Å². The van der Waals surface area contributed by atoms with Crippen molar-refractivity contribution in [3.05, 3.63) is 24.3 Å². The predicted molar refractivity (Wildman–Crippen MR) is 53.2 cm³/mol. The maximum atomic E-state index is 8.36. The van der Waals surface area contributed by atoms with Gasteiger partial charge < -0.3 is 0 Å². The quantitative estimate of drug-likeness (QED) is 0.600. The van der Waals surface area contributed by atoms with E-state index in [-0.39, 0.29) is 4.83 Å². The van der Waals surface area contributed by atoms with Gasteiger partial charge in [-0.15, -0.1) is 0 Å². The molecule has 13 heavy (non-hydrogen) atoms. The Labute approximate surface area is 86.0 Å². The number of hydrogen-bond donors (Lipinski definition) is 0. The Kier molecular flexibility index (Phi) is 4.41. The van der Waals surface area contributed by atoms with E-state index in [0.717, 1.165) is 18.5 Å². The van der Waals surface area contributed by atoms with Gasteiger partial charge >= 0.3 is 0 Å². The van der Waals surface area contributed by atoms with Crippen LogP contribution in [0.15, 0.2) is 18.6 Å². The monoisotopic (exact) mass is 239 g/mol. The Morgan fingerprint density at radius 2 is 2.38 bits per heavy atom. The first-order valence-corrected chi connectivity index (χ1v) is 5.03. The van der Waals surface area contributed by atoms with Crippen molar-refractivity contribution in [2.45, 2.75) is 24.1 Å². The zero-order valence-electron chi connectivity index (χ0n) is 7.15. The van der Waals surface area contributed by atoms with Gasteiger partial charge in [0.15, 0.2) is 0 Å². The van der Waals surface area contributed by atoms with Gasteiger partial charge in [0.25, 0.3) is 0 Å². The third-order valence-electron chi connectivity index (χ3n) is 1.65. The molecular weight excluding hydrogens is 230 g/mol. The summed E-state index contributed by atoms with van der Waals surface area (Å²) in [7, 11) is 0. The third-order valence-corrected chi connectivity index (χ3v) is 2.58. The number of nitrogens with zero attached hydrogens (tertiary/aromatic N) is 3. The standard InChI is InChI=1S/C9H10BrN3/c10-8(3-1-2-4-11)9-7-12-5-6-13-9/h5-8H,1-3H2. The first kappa shape index (κ1) is 10.1. The van der Waals surface area contributed by atoms with Crippen LogP contribution in [0, 0.1) is 11.3 Å². The average molecular weight is 240 g/mol. The van der Waals surface area contributed by atoms with E-state index in [1.165, 1.54) is 0 Å². The predicted octanol–water partition coefficient (Wildman–Crippen LogP) is 2.61. The summed E-state index contributed by atoms with van der Waals surface area (Å²) in [4.78, 5) is 8.36. The van der Waals surface area contributed by atoms with E-state index in [1.54, 1.807) is 18.6 Å². The summed E-state index contributed by atoms with van der Waals surface area (Å²) in [5.74, 6) is 0. The number of alkyl halides is 1. The van der Waals surface area contributed by atoms with Gasteiger partial charge in [0.2, 0.25) is 0 Å². The molecule has 0 aliphatic heterocycles. The number of nitriles is 1. The summed E-state index contributed by atoms with van der Waals surface area (Å²) in [5, 5.41) is 8.36. The Balaban J connectivity index is 2.41. The summed E-state index contributed by atoms with van der Waals surface area (Å²) in [6, 6.07) is 2.12. The lowest BCUT2D eigenvalue weighted by molar-refractivity contribution is 0.730. The zero-order chi connectivity index (χ0) is 9.52. The van der Waals surface area contributed by atoms with Crippen LogP contribution in [0.2, 0.25) is 0 Å². The zero-order valence-corrected chi connectivity index (χ0v) is 8.74. The lowest BCUT2D eigenvalue weighted by atomic mass is 10.1. The number of hydrogen-bond acceptors (Lipinski definition) is 3. The third kappa shape index (κ3) is 3.51. The van der Waals surface area contributed by atoms with Crippen LogP contribution < -0.4 is 0 Å². The largest absolute Gasteiger partial charge is 0.261 e. The lowest BCUT2D eigenvalue weighted by Gasteiger charge is -2.05. The van der Waals surface area contributed by atoms with Gasteiger partial charge in [0.1, 0.15) is 0 Å². The second-order valence-electron chi connectivity index (χ2n) is 2.65. The molecule has 0 aliphatic rings. The van der Waals surface area contributed by atoms with Gasteiger partial charge in [0.05, 0.1) is 16.6 Å². The number of rotatable bonds is 4. The second kappa shape index (κ2) is 5.65. The van der Waals surface area contributed by atoms with Crippen LogP contribution >= 0.6 is 15.9 Å². The van der Waals surface area contributed by atoms with Crippen LogP contribution in [0.4, 0.5) is 0 Å². The minimum absolute atomic E-state index is 0.217. The molecule has 0 saturated carbocycles. The van der Waals surface area contributed by atoms with E-state index < -0.39 is 0 Å². The van der Waals surface area contributed by atoms with Crippen molar-refractivity contribution in [3.63, 3.8) is 0 Å². The Morgan fingerprint density at radius 1 is 1.54 bits per heavy atom. The molecule has 0 saturated heterocycles. The molecule has 1 unspecified atom stereocenters. The van der Waals surface area contributed by atoms with Gasteiger partial charge in [-0.1, -0.05) is 15.9 Å². The summed E-state index contributed by atoms with van der Waals surface area (Å²) in [6.45, 7) is 0. The first-order valence-electron chi connectivity index (χ1n) is 4.11.